The first kappa shape index (κ1) is 16.2. The molecule has 0 atom stereocenters. The third kappa shape index (κ3) is 3.80. The van der Waals surface area contributed by atoms with E-state index >= 15 is 0 Å². The molecule has 0 radical (unpaired) electrons. The molecular formula is C17H26N4O2. The molecule has 3 rings (SSSR count). The van der Waals surface area contributed by atoms with Gasteiger partial charge in [0.05, 0.1) is 5.69 Å². The van der Waals surface area contributed by atoms with Crippen molar-refractivity contribution in [1.29, 1.82) is 0 Å². The zero-order chi connectivity index (χ0) is 16.3. The van der Waals surface area contributed by atoms with Crippen LogP contribution in [0.4, 0.5) is 5.82 Å². The lowest BCUT2D eigenvalue weighted by Crippen LogP contribution is -2.50. The Hall–Kier alpha value is -1.69. The molecule has 1 N–H and O–H groups in total. The molecule has 126 valence electrons. The largest absolute Gasteiger partial charge is 0.381 e. The zero-order valence-electron chi connectivity index (χ0n) is 14.0. The van der Waals surface area contributed by atoms with Gasteiger partial charge in [-0.25, -0.2) is 0 Å². The van der Waals surface area contributed by atoms with Gasteiger partial charge in [-0.05, 0) is 44.7 Å². The van der Waals surface area contributed by atoms with Crippen LogP contribution in [0, 0.1) is 12.3 Å². The van der Waals surface area contributed by atoms with Crippen molar-refractivity contribution in [3.8, 4) is 0 Å². The molecule has 2 aliphatic rings. The third-order valence-corrected chi connectivity index (χ3v) is 5.08. The van der Waals surface area contributed by atoms with Crippen LogP contribution >= 0.6 is 0 Å². The highest BCUT2D eigenvalue weighted by atomic mass is 16.5. The van der Waals surface area contributed by atoms with E-state index in [1.807, 2.05) is 19.1 Å². The van der Waals surface area contributed by atoms with Crippen molar-refractivity contribution < 1.29 is 9.53 Å². The van der Waals surface area contributed by atoms with Gasteiger partial charge in [0.15, 0.2) is 5.82 Å². The summed E-state index contributed by atoms with van der Waals surface area (Å²) in [6, 6.07) is 4.26. The third-order valence-electron chi connectivity index (χ3n) is 5.08. The van der Waals surface area contributed by atoms with E-state index in [4.69, 9.17) is 4.74 Å². The Balaban J connectivity index is 1.55. The van der Waals surface area contributed by atoms with Crippen LogP contribution < -0.4 is 10.2 Å². The Labute approximate surface area is 137 Å². The lowest BCUT2D eigenvalue weighted by molar-refractivity contribution is -0.132. The number of nitrogens with zero attached hydrogens (tertiary/aromatic N) is 3. The van der Waals surface area contributed by atoms with Gasteiger partial charge in [-0.1, -0.05) is 6.92 Å². The summed E-state index contributed by atoms with van der Waals surface area (Å²) in [6.45, 7) is 7.21. The Morgan fingerprint density at radius 2 is 1.96 bits per heavy atom. The van der Waals surface area contributed by atoms with Gasteiger partial charge in [0.2, 0.25) is 5.91 Å². The van der Waals surface area contributed by atoms with Crippen molar-refractivity contribution in [1.82, 2.24) is 15.5 Å². The zero-order valence-corrected chi connectivity index (χ0v) is 14.0. The highest BCUT2D eigenvalue weighted by molar-refractivity contribution is 5.82. The topological polar surface area (TPSA) is 67.4 Å². The van der Waals surface area contributed by atoms with Crippen molar-refractivity contribution in [2.45, 2.75) is 45.6 Å². The molecule has 0 unspecified atom stereocenters. The van der Waals surface area contributed by atoms with Gasteiger partial charge < -0.3 is 15.0 Å². The fraction of sp³-hybridized carbons (Fsp3) is 0.706. The van der Waals surface area contributed by atoms with Crippen LogP contribution in [-0.4, -0.2) is 48.4 Å². The number of rotatable bonds is 3. The average molecular weight is 318 g/mol. The predicted octanol–water partition coefficient (Wildman–Crippen LogP) is 1.69. The molecular weight excluding hydrogens is 292 g/mol. The number of anilines is 1. The first-order valence-corrected chi connectivity index (χ1v) is 8.51. The number of nitrogens with one attached hydrogen (secondary N) is 1. The van der Waals surface area contributed by atoms with Gasteiger partial charge >= 0.3 is 0 Å². The number of hydrogen-bond acceptors (Lipinski definition) is 5. The monoisotopic (exact) mass is 318 g/mol. The van der Waals surface area contributed by atoms with Crippen LogP contribution in [0.15, 0.2) is 12.1 Å². The van der Waals surface area contributed by atoms with Crippen LogP contribution in [0.1, 0.15) is 38.3 Å². The van der Waals surface area contributed by atoms with Crippen molar-refractivity contribution in [2.24, 2.45) is 5.41 Å². The molecule has 1 amide bonds. The van der Waals surface area contributed by atoms with Crippen LogP contribution in [0.25, 0.3) is 0 Å². The first-order chi connectivity index (χ1) is 11.1. The maximum absolute atomic E-state index is 12.7. The van der Waals surface area contributed by atoms with Gasteiger partial charge in [0.25, 0.3) is 0 Å². The molecule has 6 heteroatoms. The fourth-order valence-corrected chi connectivity index (χ4v) is 3.22. The highest BCUT2D eigenvalue weighted by Gasteiger charge is 2.38. The Kier molecular flexibility index (Phi) is 4.80. The SMILES string of the molecule is Cc1ccc(N2CCC(C)(C(=O)NC3CCOCC3)CC2)nn1. The molecule has 0 spiro atoms. The van der Waals surface area contributed by atoms with E-state index in [0.29, 0.717) is 0 Å². The summed E-state index contributed by atoms with van der Waals surface area (Å²) < 4.78 is 5.35. The normalized spacial score (nSPS) is 21.9. The van der Waals surface area contributed by atoms with Gasteiger partial charge in [0.1, 0.15) is 0 Å². The summed E-state index contributed by atoms with van der Waals surface area (Å²) >= 11 is 0. The maximum atomic E-state index is 12.7. The number of carbonyl (C=O) groups excluding carboxylic acids is 1. The lowest BCUT2D eigenvalue weighted by atomic mass is 9.79. The summed E-state index contributed by atoms with van der Waals surface area (Å²) in [7, 11) is 0. The minimum Gasteiger partial charge on any atom is -0.381 e. The van der Waals surface area contributed by atoms with Crippen LogP contribution in [0.3, 0.4) is 0 Å². The smallest absolute Gasteiger partial charge is 0.226 e. The molecule has 2 aliphatic heterocycles. The van der Waals surface area contributed by atoms with Crippen molar-refractivity contribution >= 4 is 11.7 Å². The van der Waals surface area contributed by atoms with Crippen molar-refractivity contribution in [2.75, 3.05) is 31.2 Å². The summed E-state index contributed by atoms with van der Waals surface area (Å²) in [6.07, 6.45) is 3.54. The molecule has 2 fully saturated rings. The van der Waals surface area contributed by atoms with E-state index in [-0.39, 0.29) is 17.4 Å². The second-order valence-electron chi connectivity index (χ2n) is 6.94. The van der Waals surface area contributed by atoms with Gasteiger partial charge in [-0.3, -0.25) is 4.79 Å². The Morgan fingerprint density at radius 3 is 2.57 bits per heavy atom. The molecule has 0 saturated carbocycles. The highest BCUT2D eigenvalue weighted by Crippen LogP contribution is 2.33. The number of ether oxygens (including phenoxy) is 1. The quantitative estimate of drug-likeness (QED) is 0.918. The molecule has 0 bridgehead atoms. The van der Waals surface area contributed by atoms with E-state index in [0.717, 1.165) is 63.5 Å². The maximum Gasteiger partial charge on any atom is 0.226 e. The number of aryl methyl sites for hydroxylation is 1. The minimum atomic E-state index is -0.285. The second-order valence-corrected chi connectivity index (χ2v) is 6.94. The molecule has 1 aromatic heterocycles. The molecule has 0 aromatic carbocycles. The molecule has 3 heterocycles. The first-order valence-electron chi connectivity index (χ1n) is 8.51. The Bertz CT molecular complexity index is 532. The minimum absolute atomic E-state index is 0.194. The summed E-state index contributed by atoms with van der Waals surface area (Å²) in [4.78, 5) is 14.9. The number of hydrogen-bond donors (Lipinski definition) is 1. The second kappa shape index (κ2) is 6.83. The van der Waals surface area contributed by atoms with Gasteiger partial charge in [-0.15, -0.1) is 5.10 Å². The summed E-state index contributed by atoms with van der Waals surface area (Å²) in [5, 5.41) is 11.6. The number of aromatic nitrogens is 2. The fourth-order valence-electron chi connectivity index (χ4n) is 3.22. The van der Waals surface area contributed by atoms with E-state index in [1.54, 1.807) is 0 Å². The van der Waals surface area contributed by atoms with Crippen molar-refractivity contribution in [3.05, 3.63) is 17.8 Å². The standard InChI is InChI=1S/C17H26N4O2/c1-13-3-4-15(20-19-13)21-9-7-17(2,8-10-21)16(22)18-14-5-11-23-12-6-14/h3-4,14H,5-12H2,1-2H3,(H,18,22). The predicted molar refractivity (Wildman–Crippen MR) is 88.3 cm³/mol. The molecule has 6 nitrogen and oxygen atoms in total. The lowest BCUT2D eigenvalue weighted by Gasteiger charge is -2.39. The summed E-state index contributed by atoms with van der Waals surface area (Å²) in [5.41, 5.74) is 0.638. The van der Waals surface area contributed by atoms with E-state index in [2.05, 4.69) is 27.3 Å². The molecule has 0 aliphatic carbocycles. The van der Waals surface area contributed by atoms with Crippen LogP contribution in [0.5, 0.6) is 0 Å². The van der Waals surface area contributed by atoms with E-state index in [1.165, 1.54) is 0 Å². The van der Waals surface area contributed by atoms with E-state index < -0.39 is 0 Å². The Morgan fingerprint density at radius 1 is 1.26 bits per heavy atom. The number of piperidine rings is 1. The van der Waals surface area contributed by atoms with Crippen molar-refractivity contribution in [3.63, 3.8) is 0 Å². The molecule has 23 heavy (non-hydrogen) atoms. The van der Waals surface area contributed by atoms with Crippen LogP contribution in [-0.2, 0) is 9.53 Å². The average Bonchev–Trinajstić information content (AvgIpc) is 2.57. The number of amides is 1. The van der Waals surface area contributed by atoms with Crippen LogP contribution in [0.2, 0.25) is 0 Å². The summed E-state index contributed by atoms with van der Waals surface area (Å²) in [5.74, 6) is 1.10. The van der Waals surface area contributed by atoms with Gasteiger partial charge in [0, 0.05) is 37.8 Å². The van der Waals surface area contributed by atoms with E-state index in [9.17, 15) is 4.79 Å². The molecule has 1 aromatic rings. The number of carbonyl (C=O) groups is 1. The molecule has 2 saturated heterocycles. The van der Waals surface area contributed by atoms with Gasteiger partial charge in [-0.2, -0.15) is 5.10 Å².